The third-order valence-corrected chi connectivity index (χ3v) is 5.34. The fourth-order valence-electron chi connectivity index (χ4n) is 3.46. The molecule has 0 bridgehead atoms. The summed E-state index contributed by atoms with van der Waals surface area (Å²) in [5, 5.41) is 2.62. The SMILES string of the molecule is C[C@H](OC(=O)[C@H]1CC(=O)N([C@@H](C)c2ccccc2)C1)C(=O)Nc1ccc(C(N)=O)cc1. The molecule has 0 spiro atoms. The lowest BCUT2D eigenvalue weighted by atomic mass is 10.1. The van der Waals surface area contributed by atoms with Gasteiger partial charge in [-0.15, -0.1) is 0 Å². The maximum absolute atomic E-state index is 12.5. The molecule has 0 aromatic heterocycles. The number of anilines is 1. The van der Waals surface area contributed by atoms with E-state index in [9.17, 15) is 19.2 Å². The van der Waals surface area contributed by atoms with Crippen LogP contribution in [-0.4, -0.2) is 41.2 Å². The number of carbonyl (C=O) groups is 4. The second-order valence-corrected chi connectivity index (χ2v) is 7.54. The predicted molar refractivity (Wildman–Crippen MR) is 114 cm³/mol. The monoisotopic (exact) mass is 423 g/mol. The van der Waals surface area contributed by atoms with Gasteiger partial charge in [0, 0.05) is 24.2 Å². The van der Waals surface area contributed by atoms with Gasteiger partial charge in [0.1, 0.15) is 0 Å². The molecule has 3 amide bonds. The third kappa shape index (κ3) is 5.28. The van der Waals surface area contributed by atoms with E-state index in [1.54, 1.807) is 4.90 Å². The number of primary amides is 1. The van der Waals surface area contributed by atoms with Crippen LogP contribution in [0.4, 0.5) is 5.69 Å². The highest BCUT2D eigenvalue weighted by Crippen LogP contribution is 2.29. The molecule has 1 aliphatic heterocycles. The van der Waals surface area contributed by atoms with Crippen molar-refractivity contribution in [3.8, 4) is 0 Å². The quantitative estimate of drug-likeness (QED) is 0.662. The van der Waals surface area contributed by atoms with Gasteiger partial charge in [-0.1, -0.05) is 30.3 Å². The summed E-state index contributed by atoms with van der Waals surface area (Å²) in [5.74, 6) is -2.41. The number of benzene rings is 2. The number of ether oxygens (including phenoxy) is 1. The molecule has 1 aliphatic rings. The zero-order valence-electron chi connectivity index (χ0n) is 17.4. The molecule has 0 radical (unpaired) electrons. The standard InChI is InChI=1S/C23H25N3O5/c1-14(16-6-4-3-5-7-16)26-13-18(12-20(26)27)23(30)31-15(2)22(29)25-19-10-8-17(9-11-19)21(24)28/h3-11,14-15,18H,12-13H2,1-2H3,(H2,24,28)(H,25,29)/t14-,15-,18-/m0/s1. The van der Waals surface area contributed by atoms with Crippen LogP contribution in [0, 0.1) is 5.92 Å². The highest BCUT2D eigenvalue weighted by molar-refractivity contribution is 5.97. The smallest absolute Gasteiger partial charge is 0.312 e. The number of nitrogens with two attached hydrogens (primary N) is 1. The molecule has 3 atom stereocenters. The van der Waals surface area contributed by atoms with Crippen LogP contribution in [0.3, 0.4) is 0 Å². The maximum Gasteiger partial charge on any atom is 0.312 e. The van der Waals surface area contributed by atoms with E-state index >= 15 is 0 Å². The molecular formula is C23H25N3O5. The van der Waals surface area contributed by atoms with Crippen molar-refractivity contribution in [2.45, 2.75) is 32.4 Å². The molecule has 0 aliphatic carbocycles. The van der Waals surface area contributed by atoms with Crippen molar-refractivity contribution in [1.82, 2.24) is 4.90 Å². The number of likely N-dealkylation sites (tertiary alicyclic amines) is 1. The number of esters is 1. The second-order valence-electron chi connectivity index (χ2n) is 7.54. The molecule has 8 heteroatoms. The molecule has 1 saturated heterocycles. The van der Waals surface area contributed by atoms with Crippen LogP contribution in [0.25, 0.3) is 0 Å². The molecule has 1 heterocycles. The molecule has 0 unspecified atom stereocenters. The van der Waals surface area contributed by atoms with Gasteiger partial charge in [-0.25, -0.2) is 0 Å². The van der Waals surface area contributed by atoms with Gasteiger partial charge in [-0.2, -0.15) is 0 Å². The van der Waals surface area contributed by atoms with Crippen LogP contribution < -0.4 is 11.1 Å². The van der Waals surface area contributed by atoms with Gasteiger partial charge >= 0.3 is 5.97 Å². The topological polar surface area (TPSA) is 119 Å². The third-order valence-electron chi connectivity index (χ3n) is 5.34. The van der Waals surface area contributed by atoms with Crippen molar-refractivity contribution in [3.63, 3.8) is 0 Å². The van der Waals surface area contributed by atoms with Gasteiger partial charge in [-0.3, -0.25) is 19.2 Å². The first-order valence-corrected chi connectivity index (χ1v) is 10.0. The molecule has 162 valence electrons. The van der Waals surface area contributed by atoms with E-state index in [1.165, 1.54) is 31.2 Å². The van der Waals surface area contributed by atoms with E-state index in [0.29, 0.717) is 11.3 Å². The summed E-state index contributed by atoms with van der Waals surface area (Å²) < 4.78 is 5.31. The zero-order valence-corrected chi connectivity index (χ0v) is 17.4. The van der Waals surface area contributed by atoms with Crippen LogP contribution in [0.5, 0.6) is 0 Å². The summed E-state index contributed by atoms with van der Waals surface area (Å²) in [6.45, 7) is 3.63. The first-order chi connectivity index (χ1) is 14.8. The van der Waals surface area contributed by atoms with Crippen molar-refractivity contribution in [3.05, 3.63) is 65.7 Å². The number of nitrogens with one attached hydrogen (secondary N) is 1. The van der Waals surface area contributed by atoms with E-state index in [4.69, 9.17) is 10.5 Å². The maximum atomic E-state index is 12.5. The number of rotatable bonds is 7. The molecule has 2 aromatic carbocycles. The van der Waals surface area contributed by atoms with Gasteiger partial charge in [-0.05, 0) is 43.7 Å². The van der Waals surface area contributed by atoms with Crippen LogP contribution in [0.15, 0.2) is 54.6 Å². The van der Waals surface area contributed by atoms with Crippen molar-refractivity contribution in [1.29, 1.82) is 0 Å². The highest BCUT2D eigenvalue weighted by atomic mass is 16.5. The van der Waals surface area contributed by atoms with Crippen molar-refractivity contribution in [2.75, 3.05) is 11.9 Å². The van der Waals surface area contributed by atoms with E-state index in [-0.39, 0.29) is 24.9 Å². The lowest BCUT2D eigenvalue weighted by Gasteiger charge is -2.25. The summed E-state index contributed by atoms with van der Waals surface area (Å²) in [5.41, 5.74) is 6.93. The fraction of sp³-hybridized carbons (Fsp3) is 0.304. The minimum atomic E-state index is -1.04. The minimum Gasteiger partial charge on any atom is -0.452 e. The van der Waals surface area contributed by atoms with Gasteiger partial charge in [0.15, 0.2) is 6.10 Å². The van der Waals surface area contributed by atoms with Gasteiger partial charge in [0.2, 0.25) is 11.8 Å². The predicted octanol–water partition coefficient (Wildman–Crippen LogP) is 2.27. The number of hydrogen-bond acceptors (Lipinski definition) is 5. The Morgan fingerprint density at radius 3 is 2.32 bits per heavy atom. The Labute approximate surface area is 180 Å². The lowest BCUT2D eigenvalue weighted by Crippen LogP contribution is -2.33. The number of nitrogens with zero attached hydrogens (tertiary/aromatic N) is 1. The number of amides is 3. The van der Waals surface area contributed by atoms with Crippen molar-refractivity contribution >= 4 is 29.4 Å². The molecule has 3 N–H and O–H groups in total. The molecule has 2 aromatic rings. The minimum absolute atomic E-state index is 0.0545. The van der Waals surface area contributed by atoms with E-state index < -0.39 is 29.8 Å². The Bertz CT molecular complexity index is 974. The van der Waals surface area contributed by atoms with E-state index in [0.717, 1.165) is 5.56 Å². The summed E-state index contributed by atoms with van der Waals surface area (Å²) >= 11 is 0. The van der Waals surface area contributed by atoms with Gasteiger partial charge < -0.3 is 20.7 Å². The van der Waals surface area contributed by atoms with Crippen LogP contribution >= 0.6 is 0 Å². The van der Waals surface area contributed by atoms with Crippen LogP contribution in [0.2, 0.25) is 0 Å². The van der Waals surface area contributed by atoms with E-state index in [2.05, 4.69) is 5.32 Å². The van der Waals surface area contributed by atoms with Crippen molar-refractivity contribution in [2.24, 2.45) is 11.7 Å². The Balaban J connectivity index is 1.55. The number of carbonyl (C=O) groups excluding carboxylic acids is 4. The highest BCUT2D eigenvalue weighted by Gasteiger charge is 2.38. The largest absolute Gasteiger partial charge is 0.452 e. The Morgan fingerprint density at radius 2 is 1.71 bits per heavy atom. The van der Waals surface area contributed by atoms with Crippen LogP contribution in [0.1, 0.15) is 42.2 Å². The number of hydrogen-bond donors (Lipinski definition) is 2. The van der Waals surface area contributed by atoms with Gasteiger partial charge in [0.05, 0.1) is 12.0 Å². The molecular weight excluding hydrogens is 398 g/mol. The molecule has 1 fully saturated rings. The van der Waals surface area contributed by atoms with Gasteiger partial charge in [0.25, 0.3) is 5.91 Å². The van der Waals surface area contributed by atoms with E-state index in [1.807, 2.05) is 37.3 Å². The first-order valence-electron chi connectivity index (χ1n) is 10.0. The molecule has 0 saturated carbocycles. The summed E-state index contributed by atoms with van der Waals surface area (Å²) in [6, 6.07) is 15.5. The average Bonchev–Trinajstić information content (AvgIpc) is 3.15. The zero-order chi connectivity index (χ0) is 22.5. The Hall–Kier alpha value is -3.68. The van der Waals surface area contributed by atoms with Crippen LogP contribution in [-0.2, 0) is 19.1 Å². The molecule has 8 nitrogen and oxygen atoms in total. The van der Waals surface area contributed by atoms with Crippen molar-refractivity contribution < 1.29 is 23.9 Å². The molecule has 31 heavy (non-hydrogen) atoms. The second kappa shape index (κ2) is 9.42. The summed E-state index contributed by atoms with van der Waals surface area (Å²) in [7, 11) is 0. The molecule has 3 rings (SSSR count). The average molecular weight is 423 g/mol. The normalized spacial score (nSPS) is 17.7. The Morgan fingerprint density at radius 1 is 1.06 bits per heavy atom. The Kier molecular flexibility index (Phi) is 6.69. The fourth-order valence-corrected chi connectivity index (χ4v) is 3.46. The first kappa shape index (κ1) is 22.0. The lowest BCUT2D eigenvalue weighted by molar-refractivity contribution is -0.157. The summed E-state index contributed by atoms with van der Waals surface area (Å²) in [4.78, 5) is 50.1. The summed E-state index contributed by atoms with van der Waals surface area (Å²) in [6.07, 6.45) is -0.988.